The molecular formula is C11H13ClN2O4S2. The van der Waals surface area contributed by atoms with E-state index in [0.717, 1.165) is 6.26 Å². The van der Waals surface area contributed by atoms with E-state index < -0.39 is 19.9 Å². The third kappa shape index (κ3) is 5.09. The van der Waals surface area contributed by atoms with Gasteiger partial charge in [0.05, 0.1) is 21.2 Å². The van der Waals surface area contributed by atoms with E-state index in [4.69, 9.17) is 16.9 Å². The van der Waals surface area contributed by atoms with Gasteiger partial charge in [0.2, 0.25) is 10.0 Å². The van der Waals surface area contributed by atoms with Crippen molar-refractivity contribution in [3.8, 4) is 6.07 Å². The van der Waals surface area contributed by atoms with E-state index in [1.165, 1.54) is 18.2 Å². The Labute approximate surface area is 123 Å². The summed E-state index contributed by atoms with van der Waals surface area (Å²) < 4.78 is 47.9. The van der Waals surface area contributed by atoms with Gasteiger partial charge in [-0.15, -0.1) is 0 Å². The fourth-order valence-corrected chi connectivity index (χ4v) is 3.43. The zero-order chi connectivity index (χ0) is 15.4. The van der Waals surface area contributed by atoms with Crippen LogP contribution in [0.15, 0.2) is 23.1 Å². The zero-order valence-corrected chi connectivity index (χ0v) is 13.0. The third-order valence-electron chi connectivity index (χ3n) is 2.36. The molecule has 0 aliphatic rings. The standard InChI is InChI=1S/C11H13ClN2O4S2/c1-19(15,16)6-2-5-14-20(17,18)10-4-3-9(8-13)11(12)7-10/h3-4,7,14H,2,5-6H2,1H3. The number of halogens is 1. The van der Waals surface area contributed by atoms with Crippen molar-refractivity contribution in [2.75, 3.05) is 18.6 Å². The molecule has 9 heteroatoms. The normalized spacial score (nSPS) is 12.1. The molecule has 0 unspecified atom stereocenters. The molecule has 0 aliphatic heterocycles. The first-order chi connectivity index (χ1) is 9.15. The molecule has 20 heavy (non-hydrogen) atoms. The Hall–Kier alpha value is -1.14. The predicted octanol–water partition coefficient (Wildman–Crippen LogP) is 0.925. The maximum Gasteiger partial charge on any atom is 0.240 e. The highest BCUT2D eigenvalue weighted by atomic mass is 35.5. The zero-order valence-electron chi connectivity index (χ0n) is 10.6. The number of hydrogen-bond donors (Lipinski definition) is 1. The first kappa shape index (κ1) is 16.9. The molecule has 1 rings (SSSR count). The Morgan fingerprint density at radius 3 is 2.45 bits per heavy atom. The van der Waals surface area contributed by atoms with E-state index in [0.29, 0.717) is 0 Å². The summed E-state index contributed by atoms with van der Waals surface area (Å²) >= 11 is 5.76. The summed E-state index contributed by atoms with van der Waals surface area (Å²) in [6.45, 7) is 0.00697. The van der Waals surface area contributed by atoms with E-state index in [2.05, 4.69) is 4.72 Å². The van der Waals surface area contributed by atoms with Crippen molar-refractivity contribution in [2.45, 2.75) is 11.3 Å². The topological polar surface area (TPSA) is 104 Å². The molecule has 0 heterocycles. The largest absolute Gasteiger partial charge is 0.240 e. The molecule has 0 aromatic heterocycles. The molecule has 1 aromatic carbocycles. The second-order valence-corrected chi connectivity index (χ2v) is 8.57. The lowest BCUT2D eigenvalue weighted by atomic mass is 10.2. The number of hydrogen-bond acceptors (Lipinski definition) is 5. The van der Waals surface area contributed by atoms with Gasteiger partial charge in [0.25, 0.3) is 0 Å². The van der Waals surface area contributed by atoms with Gasteiger partial charge in [-0.05, 0) is 24.6 Å². The minimum Gasteiger partial charge on any atom is -0.229 e. The van der Waals surface area contributed by atoms with Crippen molar-refractivity contribution < 1.29 is 16.8 Å². The lowest BCUT2D eigenvalue weighted by molar-refractivity contribution is 0.577. The predicted molar refractivity (Wildman–Crippen MR) is 75.7 cm³/mol. The first-order valence-electron chi connectivity index (χ1n) is 5.53. The maximum absolute atomic E-state index is 11.9. The van der Waals surface area contributed by atoms with Gasteiger partial charge in [-0.1, -0.05) is 11.6 Å². The van der Waals surface area contributed by atoms with E-state index in [1.54, 1.807) is 0 Å². The van der Waals surface area contributed by atoms with Crippen LogP contribution in [0.2, 0.25) is 5.02 Å². The van der Waals surface area contributed by atoms with Crippen LogP contribution in [-0.4, -0.2) is 35.4 Å². The van der Waals surface area contributed by atoms with Crippen molar-refractivity contribution in [1.29, 1.82) is 5.26 Å². The van der Waals surface area contributed by atoms with E-state index in [1.807, 2.05) is 6.07 Å². The van der Waals surface area contributed by atoms with Crippen molar-refractivity contribution in [3.05, 3.63) is 28.8 Å². The summed E-state index contributed by atoms with van der Waals surface area (Å²) in [4.78, 5) is -0.0687. The number of rotatable bonds is 6. The summed E-state index contributed by atoms with van der Waals surface area (Å²) in [5.74, 6) is -0.0936. The molecule has 0 radical (unpaired) electrons. The summed E-state index contributed by atoms with van der Waals surface area (Å²) in [5, 5.41) is 8.75. The molecule has 0 bridgehead atoms. The molecule has 1 aromatic rings. The summed E-state index contributed by atoms with van der Waals surface area (Å²) in [6.07, 6.45) is 1.27. The number of nitrogens with one attached hydrogen (secondary N) is 1. The minimum absolute atomic E-state index is 0.00697. The van der Waals surface area contributed by atoms with Crippen LogP contribution in [0.1, 0.15) is 12.0 Å². The van der Waals surface area contributed by atoms with Gasteiger partial charge in [-0.2, -0.15) is 5.26 Å². The number of nitriles is 1. The van der Waals surface area contributed by atoms with Crippen molar-refractivity contribution in [3.63, 3.8) is 0 Å². The quantitative estimate of drug-likeness (QED) is 0.778. The monoisotopic (exact) mass is 336 g/mol. The Balaban J connectivity index is 2.75. The minimum atomic E-state index is -3.76. The maximum atomic E-state index is 11.9. The Morgan fingerprint density at radius 2 is 1.95 bits per heavy atom. The molecule has 0 fully saturated rings. The van der Waals surface area contributed by atoms with Crippen LogP contribution in [0, 0.1) is 11.3 Å². The lowest BCUT2D eigenvalue weighted by Crippen LogP contribution is -2.26. The van der Waals surface area contributed by atoms with Crippen molar-refractivity contribution >= 4 is 31.5 Å². The average Bonchev–Trinajstić information content (AvgIpc) is 2.33. The molecule has 0 spiro atoms. The lowest BCUT2D eigenvalue weighted by Gasteiger charge is -2.07. The van der Waals surface area contributed by atoms with Crippen molar-refractivity contribution in [1.82, 2.24) is 4.72 Å². The van der Waals surface area contributed by atoms with Gasteiger partial charge >= 0.3 is 0 Å². The number of benzene rings is 1. The molecule has 1 N–H and O–H groups in total. The van der Waals surface area contributed by atoms with Gasteiger partial charge in [-0.3, -0.25) is 0 Å². The van der Waals surface area contributed by atoms with E-state index in [-0.39, 0.29) is 34.2 Å². The molecule has 110 valence electrons. The second kappa shape index (κ2) is 6.54. The second-order valence-electron chi connectivity index (χ2n) is 4.13. The van der Waals surface area contributed by atoms with Gasteiger partial charge in [0.1, 0.15) is 15.9 Å². The van der Waals surface area contributed by atoms with Crippen LogP contribution >= 0.6 is 11.6 Å². The molecule has 0 saturated carbocycles. The van der Waals surface area contributed by atoms with Crippen LogP contribution in [0.4, 0.5) is 0 Å². The van der Waals surface area contributed by atoms with Crippen LogP contribution in [0.25, 0.3) is 0 Å². The summed E-state index contributed by atoms with van der Waals surface area (Å²) in [5.41, 5.74) is 0.183. The fourth-order valence-electron chi connectivity index (χ4n) is 1.38. The van der Waals surface area contributed by atoms with Crippen LogP contribution in [0.5, 0.6) is 0 Å². The Morgan fingerprint density at radius 1 is 1.30 bits per heavy atom. The molecule has 0 aliphatic carbocycles. The average molecular weight is 337 g/mol. The fraction of sp³-hybridized carbons (Fsp3) is 0.364. The molecule has 0 amide bonds. The molecular weight excluding hydrogens is 324 g/mol. The SMILES string of the molecule is CS(=O)(=O)CCCNS(=O)(=O)c1ccc(C#N)c(Cl)c1. The van der Waals surface area contributed by atoms with Crippen LogP contribution in [-0.2, 0) is 19.9 Å². The van der Waals surface area contributed by atoms with Crippen LogP contribution < -0.4 is 4.72 Å². The highest BCUT2D eigenvalue weighted by molar-refractivity contribution is 7.90. The van der Waals surface area contributed by atoms with E-state index in [9.17, 15) is 16.8 Å². The first-order valence-corrected chi connectivity index (χ1v) is 9.45. The highest BCUT2D eigenvalue weighted by Gasteiger charge is 2.15. The van der Waals surface area contributed by atoms with Crippen molar-refractivity contribution in [2.24, 2.45) is 0 Å². The number of sulfone groups is 1. The number of sulfonamides is 1. The Bertz CT molecular complexity index is 736. The number of nitrogens with zero attached hydrogens (tertiary/aromatic N) is 1. The third-order valence-corrected chi connectivity index (χ3v) is 5.16. The molecule has 0 atom stereocenters. The van der Waals surface area contributed by atoms with Gasteiger partial charge in [0.15, 0.2) is 0 Å². The highest BCUT2D eigenvalue weighted by Crippen LogP contribution is 2.19. The van der Waals surface area contributed by atoms with Crippen LogP contribution in [0.3, 0.4) is 0 Å². The van der Waals surface area contributed by atoms with E-state index >= 15 is 0 Å². The summed E-state index contributed by atoms with van der Waals surface area (Å²) in [6, 6.07) is 5.59. The van der Waals surface area contributed by atoms with Gasteiger partial charge in [-0.25, -0.2) is 21.6 Å². The molecule has 0 saturated heterocycles. The Kier molecular flexibility index (Phi) is 5.53. The smallest absolute Gasteiger partial charge is 0.229 e. The van der Waals surface area contributed by atoms with Gasteiger partial charge < -0.3 is 0 Å². The molecule has 6 nitrogen and oxygen atoms in total. The summed E-state index contributed by atoms with van der Waals surface area (Å²) in [7, 11) is -6.88. The van der Waals surface area contributed by atoms with Gasteiger partial charge in [0, 0.05) is 12.8 Å².